The summed E-state index contributed by atoms with van der Waals surface area (Å²) in [6.07, 6.45) is 0. The summed E-state index contributed by atoms with van der Waals surface area (Å²) in [5, 5.41) is 0. The van der Waals surface area contributed by atoms with Crippen molar-refractivity contribution in [1.82, 2.24) is 5.48 Å². The molecule has 3 nitrogen and oxygen atoms in total. The average Bonchev–Trinajstić information content (AvgIpc) is 2.47. The van der Waals surface area contributed by atoms with Gasteiger partial charge in [0, 0.05) is 5.56 Å². The largest absolute Gasteiger partial charge is 0.274 e. The maximum atomic E-state index is 11.8. The van der Waals surface area contributed by atoms with Crippen molar-refractivity contribution < 1.29 is 9.63 Å². The highest BCUT2D eigenvalue weighted by molar-refractivity contribution is 5.93. The predicted molar refractivity (Wildman–Crippen MR) is 83.8 cm³/mol. The van der Waals surface area contributed by atoms with Gasteiger partial charge in [0.2, 0.25) is 0 Å². The predicted octanol–water partition coefficient (Wildman–Crippen LogP) is 3.85. The minimum atomic E-state index is -0.234. The normalized spacial score (nSPS) is 11.2. The van der Waals surface area contributed by atoms with E-state index in [9.17, 15) is 4.79 Å². The van der Waals surface area contributed by atoms with E-state index in [0.717, 1.165) is 5.56 Å². The molecule has 0 aliphatic heterocycles. The van der Waals surface area contributed by atoms with Crippen LogP contribution in [-0.2, 0) is 16.9 Å². The molecule has 2 aromatic rings. The molecule has 2 aromatic carbocycles. The molecule has 1 amide bonds. The molecule has 0 saturated carbocycles. The molecule has 3 heteroatoms. The van der Waals surface area contributed by atoms with Crippen molar-refractivity contribution in [3.8, 4) is 0 Å². The van der Waals surface area contributed by atoms with Crippen LogP contribution in [-0.4, -0.2) is 5.91 Å². The van der Waals surface area contributed by atoms with Gasteiger partial charge in [0.25, 0.3) is 5.91 Å². The third-order valence-electron chi connectivity index (χ3n) is 3.26. The molecule has 0 saturated heterocycles. The Morgan fingerprint density at radius 2 is 1.62 bits per heavy atom. The molecule has 21 heavy (non-hydrogen) atoms. The van der Waals surface area contributed by atoms with Crippen molar-refractivity contribution >= 4 is 5.91 Å². The van der Waals surface area contributed by atoms with Gasteiger partial charge in [-0.05, 0) is 28.7 Å². The van der Waals surface area contributed by atoms with E-state index in [1.165, 1.54) is 5.56 Å². The van der Waals surface area contributed by atoms with Crippen LogP contribution in [0, 0.1) is 0 Å². The molecule has 0 radical (unpaired) electrons. The van der Waals surface area contributed by atoms with Gasteiger partial charge in [0.15, 0.2) is 0 Å². The lowest BCUT2D eigenvalue weighted by Gasteiger charge is -2.19. The summed E-state index contributed by atoms with van der Waals surface area (Å²) in [7, 11) is 0. The minimum absolute atomic E-state index is 0.140. The van der Waals surface area contributed by atoms with Crippen molar-refractivity contribution in [2.45, 2.75) is 32.8 Å². The van der Waals surface area contributed by atoms with E-state index in [4.69, 9.17) is 4.84 Å². The first-order chi connectivity index (χ1) is 9.97. The van der Waals surface area contributed by atoms with E-state index in [1.54, 1.807) is 12.1 Å². The zero-order valence-corrected chi connectivity index (χ0v) is 12.7. The summed E-state index contributed by atoms with van der Waals surface area (Å²) in [6.45, 7) is 6.89. The highest BCUT2D eigenvalue weighted by Gasteiger charge is 2.12. The van der Waals surface area contributed by atoms with Gasteiger partial charge in [-0.25, -0.2) is 5.48 Å². The summed E-state index contributed by atoms with van der Waals surface area (Å²) in [4.78, 5) is 17.0. The first-order valence-electron chi connectivity index (χ1n) is 7.03. The van der Waals surface area contributed by atoms with E-state index >= 15 is 0 Å². The summed E-state index contributed by atoms with van der Waals surface area (Å²) >= 11 is 0. The second-order valence-corrected chi connectivity index (χ2v) is 6.03. The van der Waals surface area contributed by atoms with Crippen molar-refractivity contribution in [2.75, 3.05) is 0 Å². The van der Waals surface area contributed by atoms with Gasteiger partial charge >= 0.3 is 0 Å². The number of hydrogen-bond donors (Lipinski definition) is 1. The van der Waals surface area contributed by atoms with Crippen LogP contribution in [0.15, 0.2) is 54.6 Å². The average molecular weight is 283 g/mol. The Bertz CT molecular complexity index is 583. The van der Waals surface area contributed by atoms with Gasteiger partial charge in [-0.2, -0.15) is 0 Å². The van der Waals surface area contributed by atoms with E-state index in [1.807, 2.05) is 30.3 Å². The maximum absolute atomic E-state index is 11.8. The lowest BCUT2D eigenvalue weighted by Crippen LogP contribution is -2.23. The van der Waals surface area contributed by atoms with Crippen LogP contribution in [0.25, 0.3) is 0 Å². The van der Waals surface area contributed by atoms with E-state index in [0.29, 0.717) is 12.2 Å². The number of hydrogen-bond acceptors (Lipinski definition) is 2. The SMILES string of the molecule is CC(C)(C)c1ccc(CONC(=O)c2ccccc2)cc1. The number of hydroxylamine groups is 1. The molecule has 0 aromatic heterocycles. The van der Waals surface area contributed by atoms with E-state index < -0.39 is 0 Å². The van der Waals surface area contributed by atoms with E-state index in [-0.39, 0.29) is 11.3 Å². The Morgan fingerprint density at radius 3 is 2.19 bits per heavy atom. The van der Waals surface area contributed by atoms with Gasteiger partial charge in [0.1, 0.15) is 0 Å². The fourth-order valence-corrected chi connectivity index (χ4v) is 1.93. The fraction of sp³-hybridized carbons (Fsp3) is 0.278. The fourth-order valence-electron chi connectivity index (χ4n) is 1.93. The van der Waals surface area contributed by atoms with Crippen molar-refractivity contribution in [3.63, 3.8) is 0 Å². The zero-order chi connectivity index (χ0) is 15.3. The number of carbonyl (C=O) groups is 1. The number of amides is 1. The van der Waals surface area contributed by atoms with Crippen LogP contribution in [0.4, 0.5) is 0 Å². The highest BCUT2D eigenvalue weighted by Crippen LogP contribution is 2.22. The number of benzene rings is 2. The lowest BCUT2D eigenvalue weighted by atomic mass is 9.87. The summed E-state index contributed by atoms with van der Waals surface area (Å²) in [6, 6.07) is 17.2. The Balaban J connectivity index is 1.85. The summed E-state index contributed by atoms with van der Waals surface area (Å²) in [5.41, 5.74) is 5.48. The van der Waals surface area contributed by atoms with Gasteiger partial charge in [-0.1, -0.05) is 63.2 Å². The van der Waals surface area contributed by atoms with Crippen LogP contribution >= 0.6 is 0 Å². The second kappa shape index (κ2) is 6.55. The molecular weight excluding hydrogens is 262 g/mol. The summed E-state index contributed by atoms with van der Waals surface area (Å²) in [5.74, 6) is -0.234. The van der Waals surface area contributed by atoms with Gasteiger partial charge in [0.05, 0.1) is 6.61 Å². The van der Waals surface area contributed by atoms with Crippen molar-refractivity contribution in [2.24, 2.45) is 0 Å². The zero-order valence-electron chi connectivity index (χ0n) is 12.7. The molecule has 1 N–H and O–H groups in total. The highest BCUT2D eigenvalue weighted by atomic mass is 16.6. The smallest absolute Gasteiger partial charge is 0.269 e. The van der Waals surface area contributed by atoms with Crippen LogP contribution in [0.5, 0.6) is 0 Å². The Labute approximate surface area is 125 Å². The van der Waals surface area contributed by atoms with Crippen LogP contribution < -0.4 is 5.48 Å². The number of nitrogens with one attached hydrogen (secondary N) is 1. The van der Waals surface area contributed by atoms with Crippen LogP contribution in [0.2, 0.25) is 0 Å². The quantitative estimate of drug-likeness (QED) is 0.866. The van der Waals surface area contributed by atoms with E-state index in [2.05, 4.69) is 38.4 Å². The molecule has 0 heterocycles. The molecule has 0 aliphatic rings. The van der Waals surface area contributed by atoms with Crippen molar-refractivity contribution in [1.29, 1.82) is 0 Å². The van der Waals surface area contributed by atoms with Crippen LogP contribution in [0.1, 0.15) is 42.3 Å². The molecule has 0 bridgehead atoms. The number of rotatable bonds is 4. The Morgan fingerprint density at radius 1 is 1.00 bits per heavy atom. The molecule has 0 fully saturated rings. The van der Waals surface area contributed by atoms with Gasteiger partial charge < -0.3 is 0 Å². The molecule has 0 unspecified atom stereocenters. The molecule has 110 valence electrons. The topological polar surface area (TPSA) is 38.3 Å². The second-order valence-electron chi connectivity index (χ2n) is 6.03. The molecular formula is C18H21NO2. The molecule has 0 aliphatic carbocycles. The third kappa shape index (κ3) is 4.43. The third-order valence-corrected chi connectivity index (χ3v) is 3.26. The van der Waals surface area contributed by atoms with Gasteiger partial charge in [-0.15, -0.1) is 0 Å². The molecule has 0 spiro atoms. The number of carbonyl (C=O) groups excluding carboxylic acids is 1. The minimum Gasteiger partial charge on any atom is -0.269 e. The standard InChI is InChI=1S/C18H21NO2/c1-18(2,3)16-11-9-14(10-12-16)13-21-19-17(20)15-7-5-4-6-8-15/h4-12H,13H2,1-3H3,(H,19,20). The van der Waals surface area contributed by atoms with Crippen LogP contribution in [0.3, 0.4) is 0 Å². The summed E-state index contributed by atoms with van der Waals surface area (Å²) < 4.78 is 0. The Hall–Kier alpha value is -2.13. The first-order valence-corrected chi connectivity index (χ1v) is 7.03. The Kier molecular flexibility index (Phi) is 4.76. The molecule has 2 rings (SSSR count). The molecule has 0 atom stereocenters. The van der Waals surface area contributed by atoms with Gasteiger partial charge in [-0.3, -0.25) is 9.63 Å². The monoisotopic (exact) mass is 283 g/mol. The lowest BCUT2D eigenvalue weighted by molar-refractivity contribution is 0.0233. The van der Waals surface area contributed by atoms with Crippen molar-refractivity contribution in [3.05, 3.63) is 71.3 Å². The maximum Gasteiger partial charge on any atom is 0.274 e. The first kappa shape index (κ1) is 15.3.